The Morgan fingerprint density at radius 1 is 1.00 bits per heavy atom. The Hall–Kier alpha value is -2.74. The van der Waals surface area contributed by atoms with Crippen LogP contribution in [0, 0.1) is 5.82 Å². The SMILES string of the molecule is CCNc1ncnc2c1ncn2CCCN1CCN(c2ccc(F)cc2)CC1. The summed E-state index contributed by atoms with van der Waals surface area (Å²) >= 11 is 0. The van der Waals surface area contributed by atoms with Crippen molar-refractivity contribution in [2.24, 2.45) is 0 Å². The minimum Gasteiger partial charge on any atom is -0.369 e. The molecule has 2 aromatic heterocycles. The number of benzene rings is 1. The first-order chi connectivity index (χ1) is 13.7. The number of hydrogen-bond donors (Lipinski definition) is 1. The van der Waals surface area contributed by atoms with Gasteiger partial charge in [0.25, 0.3) is 0 Å². The Balaban J connectivity index is 1.28. The number of fused-ring (bicyclic) bond motifs is 1. The van der Waals surface area contributed by atoms with Gasteiger partial charge in [0.1, 0.15) is 17.7 Å². The van der Waals surface area contributed by atoms with Gasteiger partial charge in [-0.15, -0.1) is 0 Å². The van der Waals surface area contributed by atoms with Crippen molar-refractivity contribution in [1.82, 2.24) is 24.4 Å². The molecule has 148 valence electrons. The van der Waals surface area contributed by atoms with Crippen molar-refractivity contribution < 1.29 is 4.39 Å². The summed E-state index contributed by atoms with van der Waals surface area (Å²) in [6, 6.07) is 6.78. The second kappa shape index (κ2) is 8.52. The molecule has 7 nitrogen and oxygen atoms in total. The molecule has 0 amide bonds. The third kappa shape index (κ3) is 4.06. The quantitative estimate of drug-likeness (QED) is 0.677. The maximum atomic E-state index is 13.1. The minimum atomic E-state index is -0.183. The van der Waals surface area contributed by atoms with Crippen LogP contribution in [0.15, 0.2) is 36.9 Å². The van der Waals surface area contributed by atoms with Crippen molar-refractivity contribution in [2.75, 3.05) is 49.5 Å². The highest BCUT2D eigenvalue weighted by Gasteiger charge is 2.17. The number of nitrogens with zero attached hydrogens (tertiary/aromatic N) is 6. The van der Waals surface area contributed by atoms with Gasteiger partial charge in [0.15, 0.2) is 11.5 Å². The maximum absolute atomic E-state index is 13.1. The van der Waals surface area contributed by atoms with Crippen molar-refractivity contribution in [1.29, 1.82) is 0 Å². The number of nitrogens with one attached hydrogen (secondary N) is 1. The molecule has 8 heteroatoms. The molecule has 4 rings (SSSR count). The summed E-state index contributed by atoms with van der Waals surface area (Å²) in [5, 5.41) is 3.23. The topological polar surface area (TPSA) is 62.1 Å². The third-order valence-electron chi connectivity index (χ3n) is 5.18. The van der Waals surface area contributed by atoms with Gasteiger partial charge in [-0.2, -0.15) is 0 Å². The van der Waals surface area contributed by atoms with E-state index in [1.807, 2.05) is 25.4 Å². The van der Waals surface area contributed by atoms with Gasteiger partial charge in [-0.1, -0.05) is 0 Å². The van der Waals surface area contributed by atoms with Gasteiger partial charge < -0.3 is 14.8 Å². The fraction of sp³-hybridized carbons (Fsp3) is 0.450. The van der Waals surface area contributed by atoms with Crippen LogP contribution in [0.5, 0.6) is 0 Å². The lowest BCUT2D eigenvalue weighted by atomic mass is 10.2. The zero-order valence-electron chi connectivity index (χ0n) is 16.2. The zero-order chi connectivity index (χ0) is 19.3. The summed E-state index contributed by atoms with van der Waals surface area (Å²) in [5.74, 6) is 0.612. The summed E-state index contributed by atoms with van der Waals surface area (Å²) < 4.78 is 15.2. The number of rotatable bonds is 7. The molecule has 0 unspecified atom stereocenters. The molecule has 28 heavy (non-hydrogen) atoms. The highest BCUT2D eigenvalue weighted by atomic mass is 19.1. The predicted octanol–water partition coefficient (Wildman–Crippen LogP) is 2.61. The van der Waals surface area contributed by atoms with Crippen LogP contribution < -0.4 is 10.2 Å². The largest absolute Gasteiger partial charge is 0.369 e. The van der Waals surface area contributed by atoms with Gasteiger partial charge in [0.2, 0.25) is 0 Å². The summed E-state index contributed by atoms with van der Waals surface area (Å²) in [5.41, 5.74) is 2.81. The fourth-order valence-electron chi connectivity index (χ4n) is 3.69. The number of anilines is 2. The van der Waals surface area contributed by atoms with Crippen LogP contribution >= 0.6 is 0 Å². The molecule has 1 saturated heterocycles. The van der Waals surface area contributed by atoms with Gasteiger partial charge in [-0.3, -0.25) is 4.90 Å². The van der Waals surface area contributed by atoms with Crippen molar-refractivity contribution >= 4 is 22.7 Å². The molecule has 3 heterocycles. The van der Waals surface area contributed by atoms with E-state index < -0.39 is 0 Å². The predicted molar refractivity (Wildman–Crippen MR) is 109 cm³/mol. The number of hydrogen-bond acceptors (Lipinski definition) is 6. The molecular weight excluding hydrogens is 357 g/mol. The Morgan fingerprint density at radius 3 is 2.54 bits per heavy atom. The molecule has 1 N–H and O–H groups in total. The Bertz CT molecular complexity index is 901. The molecule has 0 bridgehead atoms. The number of piperazine rings is 1. The number of aromatic nitrogens is 4. The van der Waals surface area contributed by atoms with Crippen LogP contribution in [-0.4, -0.2) is 63.7 Å². The molecule has 3 aromatic rings. The highest BCUT2D eigenvalue weighted by Crippen LogP contribution is 2.19. The third-order valence-corrected chi connectivity index (χ3v) is 5.18. The first-order valence-corrected chi connectivity index (χ1v) is 9.87. The van der Waals surface area contributed by atoms with E-state index in [-0.39, 0.29) is 5.82 Å². The monoisotopic (exact) mass is 383 g/mol. The van der Waals surface area contributed by atoms with Gasteiger partial charge in [-0.05, 0) is 44.2 Å². The van der Waals surface area contributed by atoms with E-state index in [0.717, 1.165) is 74.9 Å². The van der Waals surface area contributed by atoms with Gasteiger partial charge in [0, 0.05) is 45.0 Å². The molecule has 0 radical (unpaired) electrons. The molecule has 0 spiro atoms. The molecule has 0 atom stereocenters. The van der Waals surface area contributed by atoms with Crippen LogP contribution in [0.2, 0.25) is 0 Å². The van der Waals surface area contributed by atoms with Crippen LogP contribution in [0.3, 0.4) is 0 Å². The molecular formula is C20H26FN7. The maximum Gasteiger partial charge on any atom is 0.165 e. The van der Waals surface area contributed by atoms with E-state index in [1.54, 1.807) is 6.33 Å². The van der Waals surface area contributed by atoms with Crippen molar-refractivity contribution in [3.8, 4) is 0 Å². The van der Waals surface area contributed by atoms with E-state index in [1.165, 1.54) is 12.1 Å². The Labute approximate surface area is 164 Å². The van der Waals surface area contributed by atoms with Crippen LogP contribution in [0.25, 0.3) is 11.2 Å². The molecule has 1 aromatic carbocycles. The standard InChI is InChI=1S/C20H26FN7/c1-2-22-19-18-20(24-14-23-19)28(15-25-18)9-3-8-26-10-12-27(13-11-26)17-6-4-16(21)5-7-17/h4-7,14-15H,2-3,8-13H2,1H3,(H,22,23,24). The van der Waals surface area contributed by atoms with E-state index in [2.05, 4.69) is 34.6 Å². The number of aryl methyl sites for hydroxylation is 1. The van der Waals surface area contributed by atoms with Crippen LogP contribution in [0.4, 0.5) is 15.9 Å². The molecule has 1 fully saturated rings. The van der Waals surface area contributed by atoms with Crippen LogP contribution in [-0.2, 0) is 6.54 Å². The first-order valence-electron chi connectivity index (χ1n) is 9.87. The Kier molecular flexibility index (Phi) is 5.66. The van der Waals surface area contributed by atoms with E-state index in [0.29, 0.717) is 0 Å². The summed E-state index contributed by atoms with van der Waals surface area (Å²) in [7, 11) is 0. The lowest BCUT2D eigenvalue weighted by Gasteiger charge is -2.36. The lowest BCUT2D eigenvalue weighted by Crippen LogP contribution is -2.46. The second-order valence-electron chi connectivity index (χ2n) is 7.02. The van der Waals surface area contributed by atoms with Crippen LogP contribution in [0.1, 0.15) is 13.3 Å². The zero-order valence-corrected chi connectivity index (χ0v) is 16.2. The average Bonchev–Trinajstić information content (AvgIpc) is 3.14. The summed E-state index contributed by atoms with van der Waals surface area (Å²) in [4.78, 5) is 18.0. The number of halogens is 1. The second-order valence-corrected chi connectivity index (χ2v) is 7.02. The molecule has 0 aliphatic carbocycles. The van der Waals surface area contributed by atoms with E-state index >= 15 is 0 Å². The van der Waals surface area contributed by atoms with E-state index in [9.17, 15) is 4.39 Å². The van der Waals surface area contributed by atoms with Crippen molar-refractivity contribution in [3.05, 3.63) is 42.7 Å². The normalized spacial score (nSPS) is 15.3. The van der Waals surface area contributed by atoms with Gasteiger partial charge in [-0.25, -0.2) is 19.3 Å². The molecule has 0 saturated carbocycles. The van der Waals surface area contributed by atoms with Crippen molar-refractivity contribution in [3.63, 3.8) is 0 Å². The highest BCUT2D eigenvalue weighted by molar-refractivity contribution is 5.82. The fourth-order valence-corrected chi connectivity index (χ4v) is 3.69. The van der Waals surface area contributed by atoms with Crippen molar-refractivity contribution in [2.45, 2.75) is 19.9 Å². The summed E-state index contributed by atoms with van der Waals surface area (Å²) in [6.07, 6.45) is 4.49. The number of imidazole rings is 1. The minimum absolute atomic E-state index is 0.183. The molecule has 1 aliphatic heterocycles. The lowest BCUT2D eigenvalue weighted by molar-refractivity contribution is 0.251. The first kappa shape index (κ1) is 18.6. The van der Waals surface area contributed by atoms with E-state index in [4.69, 9.17) is 0 Å². The molecule has 1 aliphatic rings. The van der Waals surface area contributed by atoms with Gasteiger partial charge >= 0.3 is 0 Å². The van der Waals surface area contributed by atoms with Gasteiger partial charge in [0.05, 0.1) is 6.33 Å². The summed E-state index contributed by atoms with van der Waals surface area (Å²) in [6.45, 7) is 8.77. The average molecular weight is 383 g/mol. The Morgan fingerprint density at radius 2 is 1.79 bits per heavy atom. The smallest absolute Gasteiger partial charge is 0.165 e.